The Bertz CT molecular complexity index is 158. The van der Waals surface area contributed by atoms with Gasteiger partial charge in [0.1, 0.15) is 0 Å². The summed E-state index contributed by atoms with van der Waals surface area (Å²) in [6, 6.07) is 0. The Kier molecular flexibility index (Phi) is 2.53. The average molecular weight is 155 g/mol. The summed E-state index contributed by atoms with van der Waals surface area (Å²) in [5.41, 5.74) is 0. The lowest BCUT2D eigenvalue weighted by Crippen LogP contribution is -2.32. The van der Waals surface area contributed by atoms with Gasteiger partial charge in [0, 0.05) is 0 Å². The van der Waals surface area contributed by atoms with Crippen molar-refractivity contribution in [3.63, 3.8) is 0 Å². The molecule has 0 fully saturated rings. The molecule has 0 aliphatic carbocycles. The molecule has 0 rings (SSSR count). The molecule has 56 valence electrons. The van der Waals surface area contributed by atoms with E-state index < -0.39 is 23.4 Å². The third-order valence-electron chi connectivity index (χ3n) is 0.527. The maximum absolute atomic E-state index is 11.2. The maximum Gasteiger partial charge on any atom is 0.418 e. The van der Waals surface area contributed by atoms with Crippen molar-refractivity contribution in [2.24, 2.45) is 0 Å². The Hall–Kier alpha value is -1.40. The Labute approximate surface area is 52.2 Å². The third-order valence-corrected chi connectivity index (χ3v) is 0.527. The molecule has 0 aliphatic heterocycles. The molecular weight excluding hydrogens is 155 g/mol. The molecule has 0 heterocycles. The fourth-order valence-corrected chi connectivity index (χ4v) is 0.207. The number of imide groups is 3. The number of rotatable bonds is 0. The summed E-state index contributed by atoms with van der Waals surface area (Å²) in [6.07, 6.45) is -8.37. The SMILES string of the molecule is O=C(F)N(C(=O)F)C(=O)F. The molecule has 4 nitrogen and oxygen atoms in total. The Morgan fingerprint density at radius 1 is 0.800 bits per heavy atom. The van der Waals surface area contributed by atoms with Gasteiger partial charge in [-0.2, -0.15) is 0 Å². The van der Waals surface area contributed by atoms with Crippen molar-refractivity contribution in [1.29, 1.82) is 0 Å². The predicted octanol–water partition coefficient (Wildman–Crippen LogP) is 1.56. The molecule has 0 radical (unpaired) electrons. The number of hydrogen-bond acceptors (Lipinski definition) is 3. The van der Waals surface area contributed by atoms with Gasteiger partial charge in [0.05, 0.1) is 0 Å². The van der Waals surface area contributed by atoms with Crippen LogP contribution in [0, 0.1) is 0 Å². The van der Waals surface area contributed by atoms with Crippen LogP contribution < -0.4 is 0 Å². The van der Waals surface area contributed by atoms with Gasteiger partial charge >= 0.3 is 18.5 Å². The van der Waals surface area contributed by atoms with Crippen LogP contribution >= 0.6 is 0 Å². The van der Waals surface area contributed by atoms with Crippen molar-refractivity contribution >= 4 is 18.5 Å². The molecular formula is C3F3NO3. The van der Waals surface area contributed by atoms with Gasteiger partial charge in [0.15, 0.2) is 0 Å². The van der Waals surface area contributed by atoms with Gasteiger partial charge in [0.25, 0.3) is 0 Å². The van der Waals surface area contributed by atoms with Gasteiger partial charge in [-0.05, 0) is 0 Å². The van der Waals surface area contributed by atoms with Gasteiger partial charge in [-0.15, -0.1) is 18.1 Å². The maximum atomic E-state index is 11.2. The number of carbonyl (C=O) groups excluding carboxylic acids is 3. The van der Waals surface area contributed by atoms with Crippen LogP contribution in [0.2, 0.25) is 0 Å². The predicted molar refractivity (Wildman–Crippen MR) is 21.4 cm³/mol. The molecule has 7 heteroatoms. The van der Waals surface area contributed by atoms with Crippen LogP contribution in [0.5, 0.6) is 0 Å². The lowest BCUT2D eigenvalue weighted by Gasteiger charge is -2.00. The van der Waals surface area contributed by atoms with Crippen molar-refractivity contribution < 1.29 is 27.6 Å². The molecule has 0 aromatic rings. The minimum absolute atomic E-state index is 1.42. The quantitative estimate of drug-likeness (QED) is 0.394. The second-order valence-electron chi connectivity index (χ2n) is 1.09. The van der Waals surface area contributed by atoms with Gasteiger partial charge in [0.2, 0.25) is 0 Å². The summed E-state index contributed by atoms with van der Waals surface area (Å²) >= 11 is 0. The molecule has 0 N–H and O–H groups in total. The summed E-state index contributed by atoms with van der Waals surface area (Å²) in [4.78, 5) is 26.7. The highest BCUT2D eigenvalue weighted by atomic mass is 19.2. The highest BCUT2D eigenvalue weighted by molar-refractivity contribution is 6.02. The van der Waals surface area contributed by atoms with Crippen molar-refractivity contribution in [2.45, 2.75) is 0 Å². The van der Waals surface area contributed by atoms with Crippen LogP contribution in [-0.4, -0.2) is 23.4 Å². The van der Waals surface area contributed by atoms with E-state index in [1.807, 2.05) is 0 Å². The summed E-state index contributed by atoms with van der Waals surface area (Å²) < 4.78 is 33.7. The molecule has 0 spiro atoms. The number of nitrogens with zero attached hydrogens (tertiary/aromatic N) is 1. The molecule has 3 amide bonds. The zero-order valence-corrected chi connectivity index (χ0v) is 4.31. The molecule has 0 aromatic heterocycles. The van der Waals surface area contributed by atoms with Crippen LogP contribution in [0.15, 0.2) is 0 Å². The highest BCUT2D eigenvalue weighted by Crippen LogP contribution is 2.00. The molecule has 0 saturated carbocycles. The van der Waals surface area contributed by atoms with Gasteiger partial charge in [-0.1, -0.05) is 0 Å². The van der Waals surface area contributed by atoms with E-state index in [1.165, 1.54) is 0 Å². The summed E-state index contributed by atoms with van der Waals surface area (Å²) in [5, 5.41) is 0. The van der Waals surface area contributed by atoms with E-state index in [2.05, 4.69) is 0 Å². The number of carbonyl (C=O) groups is 3. The number of amides is 3. The first-order valence-corrected chi connectivity index (χ1v) is 1.85. The largest absolute Gasteiger partial charge is 0.418 e. The minimum Gasteiger partial charge on any atom is -0.233 e. The first-order valence-electron chi connectivity index (χ1n) is 1.85. The second-order valence-corrected chi connectivity index (χ2v) is 1.09. The second kappa shape index (κ2) is 2.95. The lowest BCUT2D eigenvalue weighted by atomic mass is 10.8. The van der Waals surface area contributed by atoms with Gasteiger partial charge in [-0.25, -0.2) is 14.4 Å². The Morgan fingerprint density at radius 2 is 1.00 bits per heavy atom. The van der Waals surface area contributed by atoms with E-state index in [9.17, 15) is 27.6 Å². The topological polar surface area (TPSA) is 54.5 Å². The van der Waals surface area contributed by atoms with Crippen LogP contribution in [0.25, 0.3) is 0 Å². The lowest BCUT2D eigenvalue weighted by molar-refractivity contribution is 0.149. The summed E-state index contributed by atoms with van der Waals surface area (Å²) in [5.74, 6) is 0. The minimum atomic E-state index is -2.79. The van der Waals surface area contributed by atoms with Crippen LogP contribution in [-0.2, 0) is 0 Å². The smallest absolute Gasteiger partial charge is 0.233 e. The van der Waals surface area contributed by atoms with E-state index in [1.54, 1.807) is 0 Å². The standard InChI is InChI=1S/C3F3NO3/c4-1(8)7(2(5)9)3(6)10. The Morgan fingerprint density at radius 3 is 1.00 bits per heavy atom. The molecule has 0 aliphatic rings. The first kappa shape index (κ1) is 8.60. The van der Waals surface area contributed by atoms with Crippen molar-refractivity contribution in [2.75, 3.05) is 0 Å². The summed E-state index contributed by atoms with van der Waals surface area (Å²) in [6.45, 7) is 0. The fourth-order valence-electron chi connectivity index (χ4n) is 0.207. The molecule has 0 aromatic carbocycles. The molecule has 10 heavy (non-hydrogen) atoms. The normalized spacial score (nSPS) is 8.70. The molecule has 0 bridgehead atoms. The fraction of sp³-hybridized carbons (Fsp3) is 0. The highest BCUT2D eigenvalue weighted by Gasteiger charge is 2.28. The van der Waals surface area contributed by atoms with Crippen LogP contribution in [0.1, 0.15) is 0 Å². The molecule has 0 atom stereocenters. The van der Waals surface area contributed by atoms with E-state index in [-0.39, 0.29) is 0 Å². The van der Waals surface area contributed by atoms with Crippen LogP contribution in [0.3, 0.4) is 0 Å². The van der Waals surface area contributed by atoms with Gasteiger partial charge < -0.3 is 0 Å². The van der Waals surface area contributed by atoms with Crippen molar-refractivity contribution in [3.8, 4) is 0 Å². The zero-order chi connectivity index (χ0) is 8.31. The molecule has 0 unspecified atom stereocenters. The van der Waals surface area contributed by atoms with E-state index >= 15 is 0 Å². The van der Waals surface area contributed by atoms with E-state index in [0.29, 0.717) is 0 Å². The first-order chi connectivity index (χ1) is 4.46. The zero-order valence-electron chi connectivity index (χ0n) is 4.31. The number of halogens is 3. The monoisotopic (exact) mass is 155 g/mol. The van der Waals surface area contributed by atoms with Crippen molar-refractivity contribution in [3.05, 3.63) is 0 Å². The number of hydrogen-bond donors (Lipinski definition) is 0. The third kappa shape index (κ3) is 1.84. The van der Waals surface area contributed by atoms with Gasteiger partial charge in [-0.3, -0.25) is 0 Å². The summed E-state index contributed by atoms with van der Waals surface area (Å²) in [7, 11) is 0. The van der Waals surface area contributed by atoms with E-state index in [0.717, 1.165) is 0 Å². The van der Waals surface area contributed by atoms with Crippen LogP contribution in [0.4, 0.5) is 27.6 Å². The molecule has 0 saturated heterocycles. The van der Waals surface area contributed by atoms with Crippen molar-refractivity contribution in [1.82, 2.24) is 4.90 Å². The Balaban J connectivity index is 4.43. The average Bonchev–Trinajstić information content (AvgIpc) is 1.59. The van der Waals surface area contributed by atoms with E-state index in [4.69, 9.17) is 0 Å².